The average Bonchev–Trinajstić information content (AvgIpc) is 2.65. The van der Waals surface area contributed by atoms with Crippen LogP contribution in [-0.4, -0.2) is 14.1 Å². The maximum absolute atomic E-state index is 2.75. The second-order valence-corrected chi connectivity index (χ2v) is 10.2. The van der Waals surface area contributed by atoms with Crippen molar-refractivity contribution in [1.82, 2.24) is 5.32 Å². The molecule has 0 fully saturated rings. The van der Waals surface area contributed by atoms with E-state index in [1.165, 1.54) is 24.6 Å². The Bertz CT molecular complexity index is 584. The standard InChI is InChI=1S/3C7H7.C2H7N.Tm/c3*1-7-5-3-2-4-6-7;1-3-2;/h3*2-6H,1H2;3H,1-2H3;. The SMILES string of the molecule is CNC.c1ccc([CH2][Tm]([CH2]c2ccccc2)[CH2]c2ccccc2)cc1. The van der Waals surface area contributed by atoms with Gasteiger partial charge in [-0.2, -0.15) is 0 Å². The van der Waals surface area contributed by atoms with Crippen LogP contribution < -0.4 is 5.32 Å². The quantitative estimate of drug-likeness (QED) is 0.514. The van der Waals surface area contributed by atoms with Crippen LogP contribution in [0.3, 0.4) is 0 Å². The molecular weight excluding hydrogens is 459 g/mol. The third-order valence-electron chi connectivity index (χ3n) is 3.28. The molecule has 0 amide bonds. The minimum absolute atomic E-state index is 0.811. The molecular formula is C23H28NTm. The van der Waals surface area contributed by atoms with Crippen molar-refractivity contribution in [2.24, 2.45) is 0 Å². The first kappa shape index (κ1) is 20.2. The van der Waals surface area contributed by atoms with E-state index in [2.05, 4.69) is 96.3 Å². The Morgan fingerprint density at radius 2 is 0.760 bits per heavy atom. The number of hydrogen-bond donors (Lipinski definition) is 1. The summed E-state index contributed by atoms with van der Waals surface area (Å²) in [6.07, 6.45) is 0. The van der Waals surface area contributed by atoms with Gasteiger partial charge in [0.05, 0.1) is 0 Å². The van der Waals surface area contributed by atoms with Gasteiger partial charge in [-0.25, -0.2) is 0 Å². The van der Waals surface area contributed by atoms with E-state index in [0.29, 0.717) is 0 Å². The molecule has 0 aliphatic rings. The summed E-state index contributed by atoms with van der Waals surface area (Å²) >= 11 is -0.811. The van der Waals surface area contributed by atoms with Crippen LogP contribution in [-0.2, 0) is 7.92 Å². The average molecular weight is 487 g/mol. The monoisotopic (exact) mass is 487 g/mol. The topological polar surface area (TPSA) is 12.0 Å². The van der Waals surface area contributed by atoms with E-state index >= 15 is 0 Å². The van der Waals surface area contributed by atoms with Gasteiger partial charge < -0.3 is 5.32 Å². The zero-order valence-corrected chi connectivity index (χ0v) is 16.8. The Hall–Kier alpha value is -1.15. The molecule has 1 nitrogen and oxygen atoms in total. The summed E-state index contributed by atoms with van der Waals surface area (Å²) in [6, 6.07) is 32.9. The molecule has 3 rings (SSSR count). The fraction of sp³-hybridized carbons (Fsp3) is 0.217. The Labute approximate surface area is 165 Å². The second kappa shape index (κ2) is 12.2. The molecule has 3 aromatic rings. The molecule has 0 aliphatic heterocycles. The molecule has 0 saturated carbocycles. The van der Waals surface area contributed by atoms with Gasteiger partial charge in [0.25, 0.3) is 0 Å². The van der Waals surface area contributed by atoms with Gasteiger partial charge >= 0.3 is 147 Å². The summed E-state index contributed by atoms with van der Waals surface area (Å²) in [4.78, 5) is 0. The van der Waals surface area contributed by atoms with Crippen molar-refractivity contribution >= 4 is 0 Å². The molecule has 25 heavy (non-hydrogen) atoms. The number of benzene rings is 3. The van der Waals surface area contributed by atoms with Crippen molar-refractivity contribution in [3.05, 3.63) is 108 Å². The number of nitrogens with one attached hydrogen (secondary N) is 1. The first-order valence-electron chi connectivity index (χ1n) is 8.38. The summed E-state index contributed by atoms with van der Waals surface area (Å²) < 4.78 is 3.78. The second-order valence-electron chi connectivity index (χ2n) is 5.67. The van der Waals surface area contributed by atoms with E-state index in [1.807, 2.05) is 14.1 Å². The van der Waals surface area contributed by atoms with Crippen molar-refractivity contribution in [2.45, 2.75) is 7.92 Å². The molecule has 0 saturated heterocycles. The molecule has 0 radical (unpaired) electrons. The molecule has 0 unspecified atom stereocenters. The van der Waals surface area contributed by atoms with E-state index in [9.17, 15) is 0 Å². The van der Waals surface area contributed by atoms with Crippen LogP contribution in [0.2, 0.25) is 0 Å². The Morgan fingerprint density at radius 1 is 0.520 bits per heavy atom. The zero-order valence-electron chi connectivity index (χ0n) is 15.1. The van der Waals surface area contributed by atoms with Crippen molar-refractivity contribution in [1.29, 1.82) is 0 Å². The van der Waals surface area contributed by atoms with Crippen LogP contribution in [0.25, 0.3) is 0 Å². The summed E-state index contributed by atoms with van der Waals surface area (Å²) in [7, 11) is 3.75. The van der Waals surface area contributed by atoms with Crippen molar-refractivity contribution < 1.29 is 31.1 Å². The van der Waals surface area contributed by atoms with Crippen molar-refractivity contribution in [3.63, 3.8) is 0 Å². The fourth-order valence-corrected chi connectivity index (χ4v) is 7.22. The summed E-state index contributed by atoms with van der Waals surface area (Å²) in [5, 5.41) is 2.75. The Kier molecular flexibility index (Phi) is 9.88. The third-order valence-corrected chi connectivity index (χ3v) is 8.13. The predicted molar refractivity (Wildman–Crippen MR) is 105 cm³/mol. The van der Waals surface area contributed by atoms with Gasteiger partial charge in [0.1, 0.15) is 0 Å². The molecule has 2 heteroatoms. The first-order valence-corrected chi connectivity index (χ1v) is 12.2. The van der Waals surface area contributed by atoms with Gasteiger partial charge in [-0.1, -0.05) is 0 Å². The van der Waals surface area contributed by atoms with Gasteiger partial charge in [-0.15, -0.1) is 0 Å². The van der Waals surface area contributed by atoms with Crippen molar-refractivity contribution in [3.8, 4) is 0 Å². The van der Waals surface area contributed by atoms with Crippen LogP contribution in [0.5, 0.6) is 0 Å². The summed E-state index contributed by atoms with van der Waals surface area (Å²) in [6.45, 7) is 0. The van der Waals surface area contributed by atoms with Crippen LogP contribution in [0.4, 0.5) is 0 Å². The van der Waals surface area contributed by atoms with Crippen molar-refractivity contribution in [2.75, 3.05) is 14.1 Å². The number of rotatable bonds is 6. The predicted octanol–water partition coefficient (Wildman–Crippen LogP) is 5.04. The minimum atomic E-state index is -0.811. The van der Waals surface area contributed by atoms with Gasteiger partial charge in [0.2, 0.25) is 0 Å². The maximum atomic E-state index is 2.75. The Morgan fingerprint density at radius 3 is 1.00 bits per heavy atom. The van der Waals surface area contributed by atoms with Gasteiger partial charge in [-0.3, -0.25) is 0 Å². The molecule has 0 spiro atoms. The summed E-state index contributed by atoms with van der Waals surface area (Å²) in [5.74, 6) is 0. The Balaban J connectivity index is 0.000000701. The van der Waals surface area contributed by atoms with Crippen LogP contribution >= 0.6 is 0 Å². The van der Waals surface area contributed by atoms with Gasteiger partial charge in [0, 0.05) is 0 Å². The molecule has 0 bridgehead atoms. The molecule has 0 aromatic heterocycles. The van der Waals surface area contributed by atoms with E-state index in [1.54, 1.807) is 0 Å². The van der Waals surface area contributed by atoms with E-state index in [-0.39, 0.29) is 0 Å². The first-order chi connectivity index (χ1) is 12.3. The molecule has 0 heterocycles. The fourth-order valence-electron chi connectivity index (χ4n) is 2.21. The molecule has 3 aromatic carbocycles. The molecule has 0 aliphatic carbocycles. The number of hydrogen-bond acceptors (Lipinski definition) is 1. The van der Waals surface area contributed by atoms with Crippen LogP contribution in [0, 0.1) is 31.1 Å². The zero-order chi connectivity index (χ0) is 17.7. The van der Waals surface area contributed by atoms with E-state index in [4.69, 9.17) is 0 Å². The molecule has 0 atom stereocenters. The van der Waals surface area contributed by atoms with Gasteiger partial charge in [0.15, 0.2) is 0 Å². The normalized spacial score (nSPS) is 10.6. The molecule has 138 valence electrons. The van der Waals surface area contributed by atoms with Crippen LogP contribution in [0.1, 0.15) is 16.7 Å². The van der Waals surface area contributed by atoms with E-state index in [0.717, 1.165) is 0 Å². The van der Waals surface area contributed by atoms with Gasteiger partial charge in [-0.05, 0) is 14.1 Å². The van der Waals surface area contributed by atoms with E-state index < -0.39 is 31.1 Å². The molecule has 1 N–H and O–H groups in total. The summed E-state index contributed by atoms with van der Waals surface area (Å²) in [5.41, 5.74) is 4.46. The van der Waals surface area contributed by atoms with Crippen LogP contribution in [0.15, 0.2) is 91.0 Å². The third kappa shape index (κ3) is 8.18.